The Bertz CT molecular complexity index is 978. The van der Waals surface area contributed by atoms with E-state index in [-0.39, 0.29) is 5.91 Å². The number of benzene rings is 2. The van der Waals surface area contributed by atoms with Crippen molar-refractivity contribution < 1.29 is 4.79 Å². The van der Waals surface area contributed by atoms with E-state index >= 15 is 0 Å². The van der Waals surface area contributed by atoms with Crippen LogP contribution < -0.4 is 10.6 Å². The smallest absolute Gasteiger partial charge is 0.251 e. The second kappa shape index (κ2) is 12.4. The van der Waals surface area contributed by atoms with E-state index in [2.05, 4.69) is 46.5 Å². The van der Waals surface area contributed by atoms with Gasteiger partial charge in [0.1, 0.15) is 0 Å². The van der Waals surface area contributed by atoms with Gasteiger partial charge in [-0.05, 0) is 86.2 Å². The van der Waals surface area contributed by atoms with Gasteiger partial charge in [0.15, 0.2) is 0 Å². The summed E-state index contributed by atoms with van der Waals surface area (Å²) in [5, 5.41) is 6.38. The van der Waals surface area contributed by atoms with E-state index in [1.807, 2.05) is 66.7 Å². The van der Waals surface area contributed by atoms with E-state index in [0.29, 0.717) is 12.1 Å². The van der Waals surface area contributed by atoms with Gasteiger partial charge in [0.2, 0.25) is 0 Å². The molecule has 1 aromatic heterocycles. The highest BCUT2D eigenvalue weighted by atomic mass is 16.1. The molecule has 3 rings (SSSR count). The number of pyridine rings is 1. The molecule has 2 aromatic carbocycles. The normalized spacial score (nSPS) is 11.1. The Kier molecular flexibility index (Phi) is 9.02. The molecule has 1 amide bonds. The van der Waals surface area contributed by atoms with Crippen LogP contribution in [0.3, 0.4) is 0 Å². The molecule has 0 radical (unpaired) electrons. The molecule has 5 heteroatoms. The number of anilines is 2. The van der Waals surface area contributed by atoms with Crippen molar-refractivity contribution in [2.24, 2.45) is 0 Å². The third-order valence-electron chi connectivity index (χ3n) is 5.31. The fourth-order valence-corrected chi connectivity index (χ4v) is 3.35. The maximum atomic E-state index is 12.3. The molecule has 2 N–H and O–H groups in total. The molecule has 0 bridgehead atoms. The second-order valence-electron chi connectivity index (χ2n) is 7.55. The Morgan fingerprint density at radius 3 is 2.22 bits per heavy atom. The number of amides is 1. The van der Waals surface area contributed by atoms with Gasteiger partial charge in [0, 0.05) is 29.7 Å². The molecule has 0 saturated heterocycles. The van der Waals surface area contributed by atoms with Gasteiger partial charge in [0.25, 0.3) is 5.91 Å². The summed E-state index contributed by atoms with van der Waals surface area (Å²) in [4.78, 5) is 19.0. The van der Waals surface area contributed by atoms with Crippen molar-refractivity contribution in [3.05, 3.63) is 89.7 Å². The lowest BCUT2D eigenvalue weighted by Crippen LogP contribution is -2.29. The molecule has 0 fully saturated rings. The average molecular weight is 429 g/mol. The number of nitrogens with zero attached hydrogens (tertiary/aromatic N) is 2. The Labute approximate surface area is 191 Å². The topological polar surface area (TPSA) is 57.3 Å². The molecule has 0 aliphatic carbocycles. The molecule has 0 spiro atoms. The van der Waals surface area contributed by atoms with Gasteiger partial charge in [0.05, 0.1) is 5.69 Å². The molecule has 0 atom stereocenters. The van der Waals surface area contributed by atoms with Gasteiger partial charge in [-0.2, -0.15) is 0 Å². The minimum absolute atomic E-state index is 0.0276. The molecule has 0 aliphatic heterocycles. The molecular formula is C27H32N4O. The number of carbonyl (C=O) groups is 1. The first-order valence-electron chi connectivity index (χ1n) is 11.2. The highest BCUT2D eigenvalue weighted by Gasteiger charge is 2.06. The van der Waals surface area contributed by atoms with E-state index in [4.69, 9.17) is 0 Å². The zero-order valence-corrected chi connectivity index (χ0v) is 18.9. The lowest BCUT2D eigenvalue weighted by molar-refractivity contribution is 0.0952. The zero-order valence-electron chi connectivity index (χ0n) is 18.9. The molecule has 0 saturated carbocycles. The summed E-state index contributed by atoms with van der Waals surface area (Å²) in [6.07, 6.45) is 6.78. The van der Waals surface area contributed by atoms with Gasteiger partial charge in [-0.1, -0.05) is 38.1 Å². The minimum Gasteiger partial charge on any atom is -0.356 e. The third-order valence-corrected chi connectivity index (χ3v) is 5.31. The standard InChI is InChI=1S/C27H32N4O/c1-3-31(4-2)21-7-20-29-27(32)23-12-17-26(18-13-23)30-25-15-10-22(11-16-25)9-14-24-8-5-6-19-28-24/h5-6,8-19,30H,3-4,7,20-21H2,1-2H3,(H,29,32)/b14-9+. The molecule has 1 heterocycles. The number of hydrogen-bond acceptors (Lipinski definition) is 4. The fourth-order valence-electron chi connectivity index (χ4n) is 3.35. The Morgan fingerprint density at radius 2 is 1.59 bits per heavy atom. The summed E-state index contributed by atoms with van der Waals surface area (Å²) in [6.45, 7) is 8.11. The van der Waals surface area contributed by atoms with Gasteiger partial charge >= 0.3 is 0 Å². The van der Waals surface area contributed by atoms with Crippen molar-refractivity contribution in [3.63, 3.8) is 0 Å². The number of carbonyl (C=O) groups excluding carboxylic acids is 1. The van der Waals surface area contributed by atoms with Gasteiger partial charge in [-0.15, -0.1) is 0 Å². The van der Waals surface area contributed by atoms with Crippen LogP contribution >= 0.6 is 0 Å². The fraction of sp³-hybridized carbons (Fsp3) is 0.259. The first-order valence-corrected chi connectivity index (χ1v) is 11.2. The molecule has 32 heavy (non-hydrogen) atoms. The van der Waals surface area contributed by atoms with Gasteiger partial charge in [-0.3, -0.25) is 9.78 Å². The van der Waals surface area contributed by atoms with Crippen LogP contribution in [-0.4, -0.2) is 42.0 Å². The molecule has 0 aliphatic rings. The van der Waals surface area contributed by atoms with Crippen LogP contribution in [0.1, 0.15) is 41.9 Å². The van der Waals surface area contributed by atoms with Crippen molar-refractivity contribution in [1.82, 2.24) is 15.2 Å². The van der Waals surface area contributed by atoms with Crippen LogP contribution in [0.2, 0.25) is 0 Å². The van der Waals surface area contributed by atoms with E-state index in [1.54, 1.807) is 6.20 Å². The Hall–Kier alpha value is -3.44. The number of rotatable bonds is 11. The van der Waals surface area contributed by atoms with Crippen molar-refractivity contribution in [2.75, 3.05) is 31.5 Å². The summed E-state index contributed by atoms with van der Waals surface area (Å²) < 4.78 is 0. The lowest BCUT2D eigenvalue weighted by atomic mass is 10.1. The van der Waals surface area contributed by atoms with Gasteiger partial charge < -0.3 is 15.5 Å². The maximum Gasteiger partial charge on any atom is 0.251 e. The monoisotopic (exact) mass is 428 g/mol. The third kappa shape index (κ3) is 7.36. The number of hydrogen-bond donors (Lipinski definition) is 2. The summed E-state index contributed by atoms with van der Waals surface area (Å²) >= 11 is 0. The molecular weight excluding hydrogens is 396 g/mol. The zero-order chi connectivity index (χ0) is 22.6. The maximum absolute atomic E-state index is 12.3. The van der Waals surface area contributed by atoms with E-state index in [9.17, 15) is 4.79 Å². The average Bonchev–Trinajstić information content (AvgIpc) is 2.85. The van der Waals surface area contributed by atoms with Crippen molar-refractivity contribution >= 4 is 29.4 Å². The Balaban J connectivity index is 1.47. The van der Waals surface area contributed by atoms with E-state index < -0.39 is 0 Å². The van der Waals surface area contributed by atoms with Crippen LogP contribution in [0, 0.1) is 0 Å². The van der Waals surface area contributed by atoms with Crippen molar-refractivity contribution in [1.29, 1.82) is 0 Å². The molecule has 3 aromatic rings. The first-order chi connectivity index (χ1) is 15.7. The van der Waals surface area contributed by atoms with Crippen LogP contribution in [0.25, 0.3) is 12.2 Å². The molecule has 166 valence electrons. The van der Waals surface area contributed by atoms with Gasteiger partial charge in [-0.25, -0.2) is 0 Å². The largest absolute Gasteiger partial charge is 0.356 e. The first kappa shape index (κ1) is 23.2. The summed E-state index contributed by atoms with van der Waals surface area (Å²) in [6, 6.07) is 21.6. The van der Waals surface area contributed by atoms with E-state index in [0.717, 1.165) is 48.7 Å². The van der Waals surface area contributed by atoms with Crippen molar-refractivity contribution in [2.45, 2.75) is 20.3 Å². The number of aromatic nitrogens is 1. The van der Waals surface area contributed by atoms with E-state index in [1.165, 1.54) is 0 Å². The predicted molar refractivity (Wildman–Crippen MR) is 134 cm³/mol. The molecule has 0 unspecified atom stereocenters. The van der Waals surface area contributed by atoms with Crippen LogP contribution in [0.4, 0.5) is 11.4 Å². The highest BCUT2D eigenvalue weighted by Crippen LogP contribution is 2.18. The van der Waals surface area contributed by atoms with Crippen LogP contribution in [-0.2, 0) is 0 Å². The Morgan fingerprint density at radius 1 is 0.906 bits per heavy atom. The minimum atomic E-state index is -0.0276. The highest BCUT2D eigenvalue weighted by molar-refractivity contribution is 5.94. The van der Waals surface area contributed by atoms with Crippen LogP contribution in [0.5, 0.6) is 0 Å². The summed E-state index contributed by atoms with van der Waals surface area (Å²) in [7, 11) is 0. The lowest BCUT2D eigenvalue weighted by Gasteiger charge is -2.17. The van der Waals surface area contributed by atoms with Crippen molar-refractivity contribution in [3.8, 4) is 0 Å². The second-order valence-corrected chi connectivity index (χ2v) is 7.55. The summed E-state index contributed by atoms with van der Waals surface area (Å²) in [5.41, 5.74) is 4.65. The molecule has 5 nitrogen and oxygen atoms in total. The predicted octanol–water partition coefficient (Wildman–Crippen LogP) is 5.46. The SMILES string of the molecule is CCN(CC)CCCNC(=O)c1ccc(Nc2ccc(/C=C/c3ccccn3)cc2)cc1. The number of nitrogens with one attached hydrogen (secondary N) is 2. The summed E-state index contributed by atoms with van der Waals surface area (Å²) in [5.74, 6) is -0.0276. The quantitative estimate of drug-likeness (QED) is 0.398. The van der Waals surface area contributed by atoms with Crippen LogP contribution in [0.15, 0.2) is 72.9 Å².